The van der Waals surface area contributed by atoms with Crippen LogP contribution in [0.2, 0.25) is 0 Å². The highest BCUT2D eigenvalue weighted by molar-refractivity contribution is 6.00. The molecule has 2 heteroatoms. The number of allylic oxidation sites excluding steroid dienone is 1. The number of likely N-dealkylation sites (tertiary alicyclic amines) is 1. The van der Waals surface area contributed by atoms with E-state index in [0.717, 1.165) is 17.7 Å². The summed E-state index contributed by atoms with van der Waals surface area (Å²) in [4.78, 5) is 13.0. The van der Waals surface area contributed by atoms with E-state index in [0.29, 0.717) is 6.54 Å². The zero-order chi connectivity index (χ0) is 8.43. The molecule has 0 atom stereocenters. The van der Waals surface area contributed by atoms with Crippen molar-refractivity contribution < 1.29 is 4.79 Å². The molecule has 11 heavy (non-hydrogen) atoms. The number of carbonyl (C=O) groups excluding carboxylic acids is 1. The monoisotopic (exact) mass is 151 g/mol. The molecule has 0 bridgehead atoms. The van der Waals surface area contributed by atoms with Gasteiger partial charge in [-0.1, -0.05) is 11.6 Å². The minimum Gasteiger partial charge on any atom is -0.331 e. The zero-order valence-electron chi connectivity index (χ0n) is 7.05. The summed E-state index contributed by atoms with van der Waals surface area (Å²) in [5.41, 5.74) is 2.10. The van der Waals surface area contributed by atoms with Gasteiger partial charge in [-0.05, 0) is 13.8 Å². The van der Waals surface area contributed by atoms with Gasteiger partial charge in [-0.15, -0.1) is 6.58 Å². The molecule has 2 nitrogen and oxygen atoms in total. The molecule has 1 rings (SSSR count). The first kappa shape index (κ1) is 8.05. The molecule has 0 aromatic carbocycles. The fourth-order valence-electron chi connectivity index (χ4n) is 1.11. The topological polar surface area (TPSA) is 20.3 Å². The summed E-state index contributed by atoms with van der Waals surface area (Å²) < 4.78 is 0. The molecule has 0 spiro atoms. The first-order valence-electron chi connectivity index (χ1n) is 3.73. The van der Waals surface area contributed by atoms with Gasteiger partial charge in [0.25, 0.3) is 5.91 Å². The molecular weight excluding hydrogens is 138 g/mol. The first-order valence-corrected chi connectivity index (χ1v) is 3.73. The Bertz CT molecular complexity index is 224. The van der Waals surface area contributed by atoms with Crippen LogP contribution in [0.15, 0.2) is 23.8 Å². The van der Waals surface area contributed by atoms with E-state index in [4.69, 9.17) is 0 Å². The SMILES string of the molecule is C=CCN1CC(=C(C)C)C1=O. The lowest BCUT2D eigenvalue weighted by Gasteiger charge is -2.33. The minimum atomic E-state index is 0.171. The number of nitrogens with zero attached hydrogens (tertiary/aromatic N) is 1. The Labute approximate surface area is 67.2 Å². The predicted molar refractivity (Wildman–Crippen MR) is 45.2 cm³/mol. The molecule has 0 aromatic rings. The maximum Gasteiger partial charge on any atom is 0.252 e. The normalized spacial score (nSPS) is 16.4. The van der Waals surface area contributed by atoms with Crippen molar-refractivity contribution in [1.29, 1.82) is 0 Å². The second-order valence-electron chi connectivity index (χ2n) is 2.95. The number of hydrogen-bond donors (Lipinski definition) is 0. The Morgan fingerprint density at radius 2 is 2.36 bits per heavy atom. The van der Waals surface area contributed by atoms with Gasteiger partial charge in [0.15, 0.2) is 0 Å². The van der Waals surface area contributed by atoms with E-state index in [2.05, 4.69) is 6.58 Å². The van der Waals surface area contributed by atoms with Gasteiger partial charge in [0.05, 0.1) is 6.54 Å². The van der Waals surface area contributed by atoms with Gasteiger partial charge in [-0.3, -0.25) is 4.79 Å². The largest absolute Gasteiger partial charge is 0.331 e. The van der Waals surface area contributed by atoms with Crippen LogP contribution in [0.25, 0.3) is 0 Å². The third kappa shape index (κ3) is 1.34. The van der Waals surface area contributed by atoms with Crippen molar-refractivity contribution in [2.45, 2.75) is 13.8 Å². The minimum absolute atomic E-state index is 0.171. The molecule has 0 aromatic heterocycles. The third-order valence-corrected chi connectivity index (χ3v) is 1.85. The number of rotatable bonds is 2. The van der Waals surface area contributed by atoms with Crippen LogP contribution in [0.3, 0.4) is 0 Å². The van der Waals surface area contributed by atoms with Gasteiger partial charge in [0, 0.05) is 12.1 Å². The summed E-state index contributed by atoms with van der Waals surface area (Å²) in [6, 6.07) is 0. The van der Waals surface area contributed by atoms with Crippen molar-refractivity contribution >= 4 is 5.91 Å². The molecule has 1 aliphatic heterocycles. The van der Waals surface area contributed by atoms with Crippen LogP contribution >= 0.6 is 0 Å². The van der Waals surface area contributed by atoms with E-state index in [1.165, 1.54) is 0 Å². The van der Waals surface area contributed by atoms with Crippen LogP contribution < -0.4 is 0 Å². The summed E-state index contributed by atoms with van der Waals surface area (Å²) in [6.45, 7) is 8.99. The molecule has 1 aliphatic rings. The van der Waals surface area contributed by atoms with Crippen molar-refractivity contribution in [3.8, 4) is 0 Å². The van der Waals surface area contributed by atoms with Crippen LogP contribution in [0, 0.1) is 0 Å². The highest BCUT2D eigenvalue weighted by Gasteiger charge is 2.29. The van der Waals surface area contributed by atoms with Gasteiger partial charge >= 0.3 is 0 Å². The molecule has 1 fully saturated rings. The van der Waals surface area contributed by atoms with E-state index in [1.807, 2.05) is 13.8 Å². The fourth-order valence-corrected chi connectivity index (χ4v) is 1.11. The lowest BCUT2D eigenvalue weighted by molar-refractivity contribution is -0.132. The first-order chi connectivity index (χ1) is 5.16. The summed E-state index contributed by atoms with van der Waals surface area (Å²) in [7, 11) is 0. The summed E-state index contributed by atoms with van der Waals surface area (Å²) in [6.07, 6.45) is 1.75. The Morgan fingerprint density at radius 3 is 2.73 bits per heavy atom. The zero-order valence-corrected chi connectivity index (χ0v) is 7.05. The summed E-state index contributed by atoms with van der Waals surface area (Å²) in [5, 5.41) is 0. The van der Waals surface area contributed by atoms with Crippen LogP contribution in [-0.4, -0.2) is 23.9 Å². The summed E-state index contributed by atoms with van der Waals surface area (Å²) in [5.74, 6) is 0.171. The molecule has 0 saturated carbocycles. The third-order valence-electron chi connectivity index (χ3n) is 1.85. The molecule has 0 unspecified atom stereocenters. The van der Waals surface area contributed by atoms with Crippen LogP contribution in [-0.2, 0) is 4.79 Å². The van der Waals surface area contributed by atoms with E-state index in [-0.39, 0.29) is 5.91 Å². The Balaban J connectivity index is 2.58. The van der Waals surface area contributed by atoms with Crippen molar-refractivity contribution in [3.05, 3.63) is 23.8 Å². The van der Waals surface area contributed by atoms with Crippen LogP contribution in [0.5, 0.6) is 0 Å². The summed E-state index contributed by atoms with van der Waals surface area (Å²) >= 11 is 0. The van der Waals surface area contributed by atoms with Crippen molar-refractivity contribution in [1.82, 2.24) is 4.90 Å². The molecule has 1 amide bonds. The highest BCUT2D eigenvalue weighted by atomic mass is 16.2. The molecule has 0 N–H and O–H groups in total. The van der Waals surface area contributed by atoms with Gasteiger partial charge in [0.2, 0.25) is 0 Å². The molecule has 0 radical (unpaired) electrons. The second kappa shape index (κ2) is 2.91. The second-order valence-corrected chi connectivity index (χ2v) is 2.95. The Hall–Kier alpha value is -1.05. The maximum atomic E-state index is 11.2. The molecule has 60 valence electrons. The maximum absolute atomic E-state index is 11.2. The van der Waals surface area contributed by atoms with Crippen LogP contribution in [0.4, 0.5) is 0 Å². The van der Waals surface area contributed by atoms with E-state index in [9.17, 15) is 4.79 Å². The average Bonchev–Trinajstić information content (AvgIpc) is 1.95. The standard InChI is InChI=1S/C9H13NO/c1-4-5-10-6-8(7(2)3)9(10)11/h4H,1,5-6H2,2-3H3. The average molecular weight is 151 g/mol. The lowest BCUT2D eigenvalue weighted by atomic mass is 10.0. The number of amides is 1. The Kier molecular flexibility index (Phi) is 2.13. The molecule has 1 heterocycles. The van der Waals surface area contributed by atoms with Crippen LogP contribution in [0.1, 0.15) is 13.8 Å². The number of β-lactam (4-membered cyclic amide) rings is 1. The van der Waals surface area contributed by atoms with Gasteiger partial charge in [-0.2, -0.15) is 0 Å². The smallest absolute Gasteiger partial charge is 0.252 e. The van der Waals surface area contributed by atoms with Crippen molar-refractivity contribution in [2.75, 3.05) is 13.1 Å². The van der Waals surface area contributed by atoms with Gasteiger partial charge in [-0.25, -0.2) is 0 Å². The van der Waals surface area contributed by atoms with E-state index < -0.39 is 0 Å². The number of carbonyl (C=O) groups is 1. The Morgan fingerprint density at radius 1 is 1.73 bits per heavy atom. The van der Waals surface area contributed by atoms with Gasteiger partial charge < -0.3 is 4.90 Å². The molecule has 0 aliphatic carbocycles. The quantitative estimate of drug-likeness (QED) is 0.331. The fraction of sp³-hybridized carbons (Fsp3) is 0.444. The van der Waals surface area contributed by atoms with Crippen molar-refractivity contribution in [2.24, 2.45) is 0 Å². The van der Waals surface area contributed by atoms with Crippen molar-refractivity contribution in [3.63, 3.8) is 0 Å². The van der Waals surface area contributed by atoms with Gasteiger partial charge in [0.1, 0.15) is 0 Å². The number of hydrogen-bond acceptors (Lipinski definition) is 1. The lowest BCUT2D eigenvalue weighted by Crippen LogP contribution is -2.46. The van der Waals surface area contributed by atoms with E-state index >= 15 is 0 Å². The highest BCUT2D eigenvalue weighted by Crippen LogP contribution is 2.19. The molecule has 1 saturated heterocycles. The predicted octanol–water partition coefficient (Wildman–Crippen LogP) is 1.35. The van der Waals surface area contributed by atoms with E-state index in [1.54, 1.807) is 11.0 Å². The molecular formula is C9H13NO.